The average Bonchev–Trinajstić information content (AvgIpc) is 2.35. The molecule has 2 N–H and O–H groups in total. The third-order valence-corrected chi connectivity index (χ3v) is 3.81. The summed E-state index contributed by atoms with van der Waals surface area (Å²) in [7, 11) is 1.75. The Labute approximate surface area is 118 Å². The Morgan fingerprint density at radius 2 is 1.58 bits per heavy atom. The zero-order valence-corrected chi connectivity index (χ0v) is 13.3. The van der Waals surface area contributed by atoms with Gasteiger partial charge in [0.15, 0.2) is 0 Å². The minimum absolute atomic E-state index is 0.0865. The molecular formula is C17H29NO. The SMILES string of the molecule is COC(C)(C)CCC(N)c1ccc(C(C)(C)C)cc1. The highest BCUT2D eigenvalue weighted by Gasteiger charge is 2.19. The molecule has 0 aliphatic rings. The van der Waals surface area contributed by atoms with Crippen molar-refractivity contribution in [1.82, 2.24) is 0 Å². The van der Waals surface area contributed by atoms with E-state index in [1.165, 1.54) is 11.1 Å². The fourth-order valence-corrected chi connectivity index (χ4v) is 2.00. The highest BCUT2D eigenvalue weighted by molar-refractivity contribution is 5.29. The fourth-order valence-electron chi connectivity index (χ4n) is 2.00. The van der Waals surface area contributed by atoms with E-state index in [0.717, 1.165) is 12.8 Å². The van der Waals surface area contributed by atoms with Crippen LogP contribution in [0.2, 0.25) is 0 Å². The van der Waals surface area contributed by atoms with Gasteiger partial charge in [0, 0.05) is 13.2 Å². The molecule has 2 heteroatoms. The summed E-state index contributed by atoms with van der Waals surface area (Å²) in [6.45, 7) is 10.9. The molecular weight excluding hydrogens is 234 g/mol. The Balaban J connectivity index is 2.66. The predicted molar refractivity (Wildman–Crippen MR) is 82.4 cm³/mol. The molecule has 0 heterocycles. The molecule has 0 aliphatic heterocycles. The highest BCUT2D eigenvalue weighted by atomic mass is 16.5. The molecule has 0 fully saturated rings. The molecule has 0 saturated heterocycles. The summed E-state index contributed by atoms with van der Waals surface area (Å²) in [5.74, 6) is 0. The van der Waals surface area contributed by atoms with Gasteiger partial charge in [0.1, 0.15) is 0 Å². The first-order valence-corrected chi connectivity index (χ1v) is 7.07. The van der Waals surface area contributed by atoms with Gasteiger partial charge in [-0.1, -0.05) is 45.0 Å². The van der Waals surface area contributed by atoms with Crippen LogP contribution in [0.25, 0.3) is 0 Å². The fraction of sp³-hybridized carbons (Fsp3) is 0.647. The van der Waals surface area contributed by atoms with Gasteiger partial charge in [-0.25, -0.2) is 0 Å². The van der Waals surface area contributed by atoms with Crippen molar-refractivity contribution in [2.75, 3.05) is 7.11 Å². The third-order valence-electron chi connectivity index (χ3n) is 3.81. The van der Waals surface area contributed by atoms with E-state index in [1.807, 2.05) is 0 Å². The summed E-state index contributed by atoms with van der Waals surface area (Å²) in [5, 5.41) is 0. The smallest absolute Gasteiger partial charge is 0.0623 e. The van der Waals surface area contributed by atoms with E-state index >= 15 is 0 Å². The molecule has 1 aromatic rings. The standard InChI is InChI=1S/C17H29NO/c1-16(2,3)14-9-7-13(8-10-14)15(18)11-12-17(4,5)19-6/h7-10,15H,11-12,18H2,1-6H3. The molecule has 2 nitrogen and oxygen atoms in total. The van der Waals surface area contributed by atoms with Crippen molar-refractivity contribution in [3.8, 4) is 0 Å². The molecule has 1 atom stereocenters. The lowest BCUT2D eigenvalue weighted by Crippen LogP contribution is -2.24. The molecule has 1 aromatic carbocycles. The minimum atomic E-state index is -0.0943. The first kappa shape index (κ1) is 16.2. The van der Waals surface area contributed by atoms with Crippen LogP contribution in [0.3, 0.4) is 0 Å². The molecule has 1 rings (SSSR count). The van der Waals surface area contributed by atoms with Gasteiger partial charge in [-0.05, 0) is 43.2 Å². The second kappa shape index (κ2) is 6.06. The summed E-state index contributed by atoms with van der Waals surface area (Å²) in [5.41, 5.74) is 8.92. The maximum atomic E-state index is 6.26. The Hall–Kier alpha value is -0.860. The molecule has 0 bridgehead atoms. The quantitative estimate of drug-likeness (QED) is 0.864. The van der Waals surface area contributed by atoms with Crippen LogP contribution >= 0.6 is 0 Å². The minimum Gasteiger partial charge on any atom is -0.379 e. The first-order valence-electron chi connectivity index (χ1n) is 7.07. The lowest BCUT2D eigenvalue weighted by Gasteiger charge is -2.25. The molecule has 0 saturated carbocycles. The van der Waals surface area contributed by atoms with Crippen LogP contribution in [-0.4, -0.2) is 12.7 Å². The number of benzene rings is 1. The molecule has 19 heavy (non-hydrogen) atoms. The number of rotatable bonds is 5. The third kappa shape index (κ3) is 4.96. The maximum absolute atomic E-state index is 6.26. The lowest BCUT2D eigenvalue weighted by molar-refractivity contribution is 0.0125. The first-order chi connectivity index (χ1) is 8.65. The predicted octanol–water partition coefficient (Wildman–Crippen LogP) is 4.19. The summed E-state index contributed by atoms with van der Waals surface area (Å²) in [4.78, 5) is 0. The van der Waals surface area contributed by atoms with Gasteiger partial charge in [0.25, 0.3) is 0 Å². The van der Waals surface area contributed by atoms with Crippen molar-refractivity contribution in [3.05, 3.63) is 35.4 Å². The molecule has 0 spiro atoms. The van der Waals surface area contributed by atoms with Crippen molar-refractivity contribution >= 4 is 0 Å². The van der Waals surface area contributed by atoms with E-state index < -0.39 is 0 Å². The highest BCUT2D eigenvalue weighted by Crippen LogP contribution is 2.26. The molecule has 1 unspecified atom stereocenters. The monoisotopic (exact) mass is 263 g/mol. The molecule has 0 radical (unpaired) electrons. The second-order valence-electron chi connectivity index (χ2n) is 6.98. The van der Waals surface area contributed by atoms with Crippen molar-refractivity contribution in [2.45, 2.75) is 64.5 Å². The van der Waals surface area contributed by atoms with Crippen LogP contribution in [0.15, 0.2) is 24.3 Å². The van der Waals surface area contributed by atoms with E-state index in [0.29, 0.717) is 0 Å². The van der Waals surface area contributed by atoms with Gasteiger partial charge < -0.3 is 10.5 Å². The van der Waals surface area contributed by atoms with Gasteiger partial charge in [-0.3, -0.25) is 0 Å². The zero-order chi connectivity index (χ0) is 14.7. The van der Waals surface area contributed by atoms with E-state index in [9.17, 15) is 0 Å². The largest absolute Gasteiger partial charge is 0.379 e. The van der Waals surface area contributed by atoms with Crippen LogP contribution < -0.4 is 5.73 Å². The van der Waals surface area contributed by atoms with E-state index in [4.69, 9.17) is 10.5 Å². The molecule has 108 valence electrons. The molecule has 0 aromatic heterocycles. The van der Waals surface area contributed by atoms with Crippen LogP contribution in [0.4, 0.5) is 0 Å². The number of methoxy groups -OCH3 is 1. The van der Waals surface area contributed by atoms with Crippen LogP contribution in [0.1, 0.15) is 64.6 Å². The Morgan fingerprint density at radius 3 is 2.00 bits per heavy atom. The summed E-state index contributed by atoms with van der Waals surface area (Å²) < 4.78 is 5.43. The van der Waals surface area contributed by atoms with E-state index in [2.05, 4.69) is 58.9 Å². The normalized spacial score (nSPS) is 14.5. The number of nitrogens with two attached hydrogens (primary N) is 1. The van der Waals surface area contributed by atoms with Crippen molar-refractivity contribution in [2.24, 2.45) is 5.73 Å². The number of ether oxygens (including phenoxy) is 1. The van der Waals surface area contributed by atoms with Crippen LogP contribution in [-0.2, 0) is 10.2 Å². The summed E-state index contributed by atoms with van der Waals surface area (Å²) in [6, 6.07) is 8.78. The maximum Gasteiger partial charge on any atom is 0.0623 e. The molecule has 0 amide bonds. The molecule has 0 aliphatic carbocycles. The van der Waals surface area contributed by atoms with Gasteiger partial charge in [-0.15, -0.1) is 0 Å². The topological polar surface area (TPSA) is 35.2 Å². The van der Waals surface area contributed by atoms with Gasteiger partial charge in [0.05, 0.1) is 5.60 Å². The van der Waals surface area contributed by atoms with Gasteiger partial charge in [-0.2, -0.15) is 0 Å². The van der Waals surface area contributed by atoms with Crippen molar-refractivity contribution in [3.63, 3.8) is 0 Å². The average molecular weight is 263 g/mol. The Morgan fingerprint density at radius 1 is 1.05 bits per heavy atom. The van der Waals surface area contributed by atoms with Crippen LogP contribution in [0.5, 0.6) is 0 Å². The van der Waals surface area contributed by atoms with Crippen molar-refractivity contribution < 1.29 is 4.74 Å². The van der Waals surface area contributed by atoms with Crippen LogP contribution in [0, 0.1) is 0 Å². The number of hydrogen-bond donors (Lipinski definition) is 1. The van der Waals surface area contributed by atoms with E-state index in [1.54, 1.807) is 7.11 Å². The van der Waals surface area contributed by atoms with Gasteiger partial charge in [0.2, 0.25) is 0 Å². The lowest BCUT2D eigenvalue weighted by atomic mass is 9.86. The zero-order valence-electron chi connectivity index (χ0n) is 13.3. The van der Waals surface area contributed by atoms with Gasteiger partial charge >= 0.3 is 0 Å². The number of hydrogen-bond acceptors (Lipinski definition) is 2. The Kier molecular flexibility index (Phi) is 5.17. The summed E-state index contributed by atoms with van der Waals surface area (Å²) in [6.07, 6.45) is 1.90. The summed E-state index contributed by atoms with van der Waals surface area (Å²) >= 11 is 0. The second-order valence-corrected chi connectivity index (χ2v) is 6.98. The van der Waals surface area contributed by atoms with Crippen molar-refractivity contribution in [1.29, 1.82) is 0 Å². The Bertz CT molecular complexity index is 387. The van der Waals surface area contributed by atoms with E-state index in [-0.39, 0.29) is 17.1 Å².